The Hall–Kier alpha value is -2.14. The highest BCUT2D eigenvalue weighted by Crippen LogP contribution is 2.46. The maximum atomic E-state index is 13.6. The van der Waals surface area contributed by atoms with Gasteiger partial charge in [0.15, 0.2) is 11.5 Å². The van der Waals surface area contributed by atoms with E-state index >= 15 is 0 Å². The molecule has 31 heavy (non-hydrogen) atoms. The molecule has 5 heteroatoms. The van der Waals surface area contributed by atoms with Crippen molar-refractivity contribution in [2.24, 2.45) is 5.92 Å². The van der Waals surface area contributed by atoms with Gasteiger partial charge in [0.05, 0.1) is 23.6 Å². The summed E-state index contributed by atoms with van der Waals surface area (Å²) in [6.45, 7) is 9.48. The molecular formula is C26H35NO4. The van der Waals surface area contributed by atoms with Crippen LogP contribution in [-0.4, -0.2) is 41.9 Å². The van der Waals surface area contributed by atoms with Crippen LogP contribution in [0.1, 0.15) is 82.9 Å². The van der Waals surface area contributed by atoms with E-state index in [1.54, 1.807) is 0 Å². The molecule has 0 radical (unpaired) electrons. The van der Waals surface area contributed by atoms with E-state index in [9.17, 15) is 9.59 Å². The number of fused-ring (bicyclic) bond motifs is 1. The van der Waals surface area contributed by atoms with Crippen molar-refractivity contribution in [1.82, 2.24) is 4.90 Å². The fourth-order valence-electron chi connectivity index (χ4n) is 5.09. The minimum Gasteiger partial charge on any atom is -0.483 e. The summed E-state index contributed by atoms with van der Waals surface area (Å²) >= 11 is 0. The van der Waals surface area contributed by atoms with Crippen molar-refractivity contribution in [2.45, 2.75) is 84.0 Å². The summed E-state index contributed by atoms with van der Waals surface area (Å²) < 4.78 is 11.9. The molecule has 168 valence electrons. The molecule has 2 heterocycles. The topological polar surface area (TPSA) is 55.8 Å². The summed E-state index contributed by atoms with van der Waals surface area (Å²) in [7, 11) is 0. The Balaban J connectivity index is 1.65. The summed E-state index contributed by atoms with van der Waals surface area (Å²) in [5, 5.41) is 0. The van der Waals surface area contributed by atoms with E-state index in [1.807, 2.05) is 18.7 Å². The Morgan fingerprint density at radius 2 is 1.77 bits per heavy atom. The maximum absolute atomic E-state index is 13.6. The number of hydrogen-bond donors (Lipinski definition) is 0. The van der Waals surface area contributed by atoms with Crippen molar-refractivity contribution in [1.29, 1.82) is 0 Å². The molecule has 5 nitrogen and oxygen atoms in total. The minimum atomic E-state index is -0.363. The zero-order valence-electron chi connectivity index (χ0n) is 19.2. The second-order valence-electron chi connectivity index (χ2n) is 9.65. The summed E-state index contributed by atoms with van der Waals surface area (Å²) in [5.74, 6) is 0.604. The van der Waals surface area contributed by atoms with Gasteiger partial charge in [-0.3, -0.25) is 9.59 Å². The third kappa shape index (κ3) is 4.30. The highest BCUT2D eigenvalue weighted by atomic mass is 16.5. The number of Topliss-reactive ketones (excluding diaryl/α,β-unsaturated/α-hetero) is 1. The second kappa shape index (κ2) is 9.15. The molecule has 0 aromatic heterocycles. The predicted octanol–water partition coefficient (Wildman–Crippen LogP) is 4.92. The van der Waals surface area contributed by atoms with E-state index in [2.05, 4.69) is 38.1 Å². The lowest BCUT2D eigenvalue weighted by molar-refractivity contribution is -0.135. The molecule has 1 saturated carbocycles. The molecular weight excluding hydrogens is 390 g/mol. The summed E-state index contributed by atoms with van der Waals surface area (Å²) in [6, 6.07) is 8.00. The zero-order valence-corrected chi connectivity index (χ0v) is 19.2. The van der Waals surface area contributed by atoms with Gasteiger partial charge in [0.2, 0.25) is 0 Å². The first kappa shape index (κ1) is 22.1. The normalized spacial score (nSPS) is 25.9. The molecule has 0 bridgehead atoms. The van der Waals surface area contributed by atoms with Crippen LogP contribution in [0.4, 0.5) is 0 Å². The number of carbonyl (C=O) groups excluding carboxylic acids is 2. The molecule has 1 aromatic carbocycles. The third-order valence-electron chi connectivity index (χ3n) is 6.77. The first-order valence-corrected chi connectivity index (χ1v) is 11.9. The quantitative estimate of drug-likeness (QED) is 0.582. The number of carbonyl (C=O) groups is 2. The van der Waals surface area contributed by atoms with Crippen LogP contribution in [0.25, 0.3) is 0 Å². The van der Waals surface area contributed by atoms with Gasteiger partial charge >= 0.3 is 0 Å². The third-order valence-corrected chi connectivity index (χ3v) is 6.77. The van der Waals surface area contributed by atoms with Gasteiger partial charge in [-0.1, -0.05) is 44.5 Å². The Morgan fingerprint density at radius 1 is 1.06 bits per heavy atom. The average molecular weight is 426 g/mol. The fraction of sp³-hybridized carbons (Fsp3) is 0.615. The maximum Gasteiger partial charge on any atom is 0.290 e. The van der Waals surface area contributed by atoms with Crippen LogP contribution >= 0.6 is 0 Å². The lowest BCUT2D eigenvalue weighted by atomic mass is 9.77. The zero-order chi connectivity index (χ0) is 22.1. The van der Waals surface area contributed by atoms with E-state index in [-0.39, 0.29) is 35.9 Å². The fourth-order valence-corrected chi connectivity index (χ4v) is 5.09. The lowest BCUT2D eigenvalue weighted by Gasteiger charge is -2.35. The first-order chi connectivity index (χ1) is 14.9. The lowest BCUT2D eigenvalue weighted by Crippen LogP contribution is -2.39. The van der Waals surface area contributed by atoms with Crippen LogP contribution in [-0.2, 0) is 19.1 Å². The van der Waals surface area contributed by atoms with Gasteiger partial charge in [-0.2, -0.15) is 0 Å². The number of nitrogens with zero attached hydrogens (tertiary/aromatic N) is 1. The van der Waals surface area contributed by atoms with Gasteiger partial charge in [-0.25, -0.2) is 0 Å². The van der Waals surface area contributed by atoms with Gasteiger partial charge in [0.1, 0.15) is 6.10 Å². The van der Waals surface area contributed by atoms with Crippen LogP contribution in [0, 0.1) is 5.92 Å². The predicted molar refractivity (Wildman–Crippen MR) is 120 cm³/mol. The number of benzene rings is 1. The first-order valence-electron chi connectivity index (χ1n) is 11.9. The van der Waals surface area contributed by atoms with E-state index < -0.39 is 0 Å². The van der Waals surface area contributed by atoms with Crippen molar-refractivity contribution in [3.05, 3.63) is 46.7 Å². The van der Waals surface area contributed by atoms with Crippen LogP contribution in [0.2, 0.25) is 0 Å². The highest BCUT2D eigenvalue weighted by molar-refractivity contribution is 6.11. The van der Waals surface area contributed by atoms with Crippen LogP contribution in [0.3, 0.4) is 0 Å². The number of ether oxygens (including phenoxy) is 2. The van der Waals surface area contributed by atoms with Gasteiger partial charge in [-0.15, -0.1) is 0 Å². The van der Waals surface area contributed by atoms with Crippen molar-refractivity contribution >= 4 is 11.7 Å². The molecule has 2 aliphatic heterocycles. The largest absolute Gasteiger partial charge is 0.483 e. The molecule has 1 fully saturated rings. The van der Waals surface area contributed by atoms with E-state index in [1.165, 1.54) is 5.56 Å². The molecule has 1 aliphatic carbocycles. The Bertz CT molecular complexity index is 855. The molecule has 3 unspecified atom stereocenters. The van der Waals surface area contributed by atoms with Crippen LogP contribution in [0.15, 0.2) is 35.6 Å². The summed E-state index contributed by atoms with van der Waals surface area (Å²) in [5.41, 5.74) is 2.81. The highest BCUT2D eigenvalue weighted by Gasteiger charge is 2.51. The molecule has 3 atom stereocenters. The summed E-state index contributed by atoms with van der Waals surface area (Å²) in [6.07, 6.45) is 4.57. The number of ketones is 1. The Kier molecular flexibility index (Phi) is 6.52. The molecule has 1 aromatic rings. The number of rotatable bonds is 7. The van der Waals surface area contributed by atoms with Gasteiger partial charge in [-0.05, 0) is 56.6 Å². The number of amides is 1. The molecule has 1 amide bonds. The van der Waals surface area contributed by atoms with E-state index in [4.69, 9.17) is 9.47 Å². The standard InChI is InChI=1S/C26H35NO4/c1-16(2)18-10-12-19(13-11-18)23-22-24(28)20-8-5-6-9-21(20)31-25(22)26(29)27(23)14-7-15-30-17(3)4/h10-13,16-17,20-21,23H,5-9,14-15H2,1-4H3. The van der Waals surface area contributed by atoms with Crippen molar-refractivity contribution in [3.8, 4) is 0 Å². The SMILES string of the molecule is CC(C)OCCCN1C(=O)C2=C(C(=O)C3CCCCC3O2)C1c1ccc(C(C)C)cc1. The molecule has 0 spiro atoms. The number of hydrogen-bond acceptors (Lipinski definition) is 4. The van der Waals surface area contributed by atoms with Crippen molar-refractivity contribution in [2.75, 3.05) is 13.2 Å². The molecule has 4 rings (SSSR count). The van der Waals surface area contributed by atoms with E-state index in [0.717, 1.165) is 37.7 Å². The molecule has 0 saturated heterocycles. The Morgan fingerprint density at radius 3 is 2.45 bits per heavy atom. The van der Waals surface area contributed by atoms with Gasteiger partial charge in [0.25, 0.3) is 5.91 Å². The minimum absolute atomic E-state index is 0.109. The van der Waals surface area contributed by atoms with Crippen LogP contribution < -0.4 is 0 Å². The average Bonchev–Trinajstić information content (AvgIpc) is 3.03. The van der Waals surface area contributed by atoms with Gasteiger partial charge in [0, 0.05) is 13.2 Å². The molecule has 3 aliphatic rings. The van der Waals surface area contributed by atoms with Crippen LogP contribution in [0.5, 0.6) is 0 Å². The molecule has 0 N–H and O–H groups in total. The van der Waals surface area contributed by atoms with E-state index in [0.29, 0.717) is 30.4 Å². The van der Waals surface area contributed by atoms with Gasteiger partial charge < -0.3 is 14.4 Å². The Labute approximate surface area is 185 Å². The monoisotopic (exact) mass is 425 g/mol. The van der Waals surface area contributed by atoms with Crippen molar-refractivity contribution in [3.63, 3.8) is 0 Å². The summed E-state index contributed by atoms with van der Waals surface area (Å²) in [4.78, 5) is 28.8. The van der Waals surface area contributed by atoms with Crippen molar-refractivity contribution < 1.29 is 19.1 Å². The second-order valence-corrected chi connectivity index (χ2v) is 9.65. The smallest absolute Gasteiger partial charge is 0.290 e.